The molecule has 0 spiro atoms. The topological polar surface area (TPSA) is 125 Å². The highest BCUT2D eigenvalue weighted by Crippen LogP contribution is 2.27. The Morgan fingerprint density at radius 3 is 2.24 bits per heavy atom. The Hall–Kier alpha value is -1.66. The summed E-state index contributed by atoms with van der Waals surface area (Å²) in [7, 11) is -1.54. The van der Waals surface area contributed by atoms with E-state index in [1.807, 2.05) is 19.9 Å². The number of nitrogens with zero attached hydrogens (tertiary/aromatic N) is 2. The maximum atomic E-state index is 13.7. The van der Waals surface area contributed by atoms with E-state index in [1.54, 1.807) is 6.08 Å². The summed E-state index contributed by atoms with van der Waals surface area (Å²) in [5, 5.41) is 13.0. The van der Waals surface area contributed by atoms with Gasteiger partial charge in [0.25, 0.3) is 5.91 Å². The van der Waals surface area contributed by atoms with Gasteiger partial charge in [0.15, 0.2) is 6.04 Å². The zero-order valence-electron chi connectivity index (χ0n) is 22.0. The molecule has 0 aromatic rings. The highest BCUT2D eigenvalue weighted by molar-refractivity contribution is 6.76. The van der Waals surface area contributed by atoms with Gasteiger partial charge in [-0.15, -0.1) is 11.6 Å². The molecule has 1 aliphatic heterocycles. The predicted octanol–water partition coefficient (Wildman–Crippen LogP) is 5.20. The maximum Gasteiger partial charge on any atom is 0.428 e. The quantitative estimate of drug-likeness (QED) is 0.192. The van der Waals surface area contributed by atoms with Crippen LogP contribution in [0.2, 0.25) is 25.7 Å². The van der Waals surface area contributed by atoms with E-state index in [4.69, 9.17) is 55.9 Å². The van der Waals surface area contributed by atoms with E-state index >= 15 is 0 Å². The van der Waals surface area contributed by atoms with Crippen molar-refractivity contribution in [2.75, 3.05) is 19.8 Å². The van der Waals surface area contributed by atoms with Crippen LogP contribution in [-0.4, -0.2) is 88.3 Å². The van der Waals surface area contributed by atoms with Crippen molar-refractivity contribution in [1.29, 1.82) is 0 Å². The second kappa shape index (κ2) is 15.2. The minimum atomic E-state index is -1.89. The summed E-state index contributed by atoms with van der Waals surface area (Å²) in [5.74, 6) is -2.11. The molecule has 10 nitrogen and oxygen atoms in total. The molecule has 38 heavy (non-hydrogen) atoms. The number of carbonyl (C=O) groups is 4. The van der Waals surface area contributed by atoms with Gasteiger partial charge in [-0.05, 0) is 18.4 Å². The molecule has 1 aliphatic rings. The van der Waals surface area contributed by atoms with Crippen molar-refractivity contribution in [2.24, 2.45) is 5.92 Å². The number of hydrazine groups is 1. The normalized spacial score (nSPS) is 19.6. The first-order valence-electron chi connectivity index (χ1n) is 11.9. The number of alkyl carbamates (subject to hydrolysis) is 1. The summed E-state index contributed by atoms with van der Waals surface area (Å²) in [6, 6.07) is -2.28. The standard InChI is InChI=1S/C23H35Cl4N3O7Si/c1-15(2)8-6-7-9-17(28-21(34)37-14-23(25,26)27)19(31)30-18(20(32)33)12-16(24)13-29(30)22(35)36-10-11-38(3,4)5/h6-9,15-18H,10-14H2,1-5H3,(H,28,34)(H,32,33)/b8-6+,9-7+/t16-,17-,18+/m0/s1. The third-order valence-electron chi connectivity index (χ3n) is 5.02. The Labute approximate surface area is 244 Å². The number of allylic oxidation sites excluding steroid dienone is 3. The number of ether oxygens (including phenoxy) is 2. The van der Waals surface area contributed by atoms with Gasteiger partial charge in [-0.1, -0.05) is 92.6 Å². The molecule has 0 aromatic heterocycles. The summed E-state index contributed by atoms with van der Waals surface area (Å²) in [4.78, 5) is 51.2. The van der Waals surface area contributed by atoms with Gasteiger partial charge < -0.3 is 19.9 Å². The van der Waals surface area contributed by atoms with Crippen LogP contribution in [0.3, 0.4) is 0 Å². The molecule has 1 rings (SSSR count). The third-order valence-corrected chi connectivity index (χ3v) is 7.37. The first kappa shape index (κ1) is 34.4. The van der Waals surface area contributed by atoms with Crippen molar-refractivity contribution < 1.29 is 33.8 Å². The van der Waals surface area contributed by atoms with Crippen molar-refractivity contribution in [1.82, 2.24) is 15.3 Å². The fourth-order valence-electron chi connectivity index (χ4n) is 3.13. The van der Waals surface area contributed by atoms with Crippen LogP contribution in [0.25, 0.3) is 0 Å². The average molecular weight is 635 g/mol. The lowest BCUT2D eigenvalue weighted by Crippen LogP contribution is -2.65. The number of aliphatic carboxylic acids is 1. The van der Waals surface area contributed by atoms with Crippen LogP contribution >= 0.6 is 46.4 Å². The molecule has 1 heterocycles. The van der Waals surface area contributed by atoms with Gasteiger partial charge in [-0.3, -0.25) is 4.79 Å². The molecule has 15 heteroatoms. The number of alkyl halides is 4. The number of amides is 3. The monoisotopic (exact) mass is 633 g/mol. The first-order chi connectivity index (χ1) is 17.4. The van der Waals surface area contributed by atoms with Gasteiger partial charge in [0.1, 0.15) is 12.6 Å². The molecule has 2 N–H and O–H groups in total. The molecule has 0 unspecified atom stereocenters. The van der Waals surface area contributed by atoms with Crippen molar-refractivity contribution in [3.8, 4) is 0 Å². The lowest BCUT2D eigenvalue weighted by atomic mass is 10.1. The van der Waals surface area contributed by atoms with Gasteiger partial charge in [-0.2, -0.15) is 0 Å². The average Bonchev–Trinajstić information content (AvgIpc) is 2.77. The lowest BCUT2D eigenvalue weighted by Gasteiger charge is -2.44. The molecule has 1 fully saturated rings. The minimum Gasteiger partial charge on any atom is -0.480 e. The third kappa shape index (κ3) is 12.9. The number of hydrogen-bond donors (Lipinski definition) is 2. The van der Waals surface area contributed by atoms with Crippen LogP contribution < -0.4 is 5.32 Å². The number of hydrogen-bond acceptors (Lipinski definition) is 6. The highest BCUT2D eigenvalue weighted by Gasteiger charge is 2.45. The maximum absolute atomic E-state index is 13.7. The summed E-state index contributed by atoms with van der Waals surface area (Å²) in [6.45, 7) is 9.51. The lowest BCUT2D eigenvalue weighted by molar-refractivity contribution is -0.170. The van der Waals surface area contributed by atoms with Gasteiger partial charge in [0.2, 0.25) is 3.79 Å². The van der Waals surface area contributed by atoms with Gasteiger partial charge in [0.05, 0.1) is 18.5 Å². The molecular weight excluding hydrogens is 600 g/mol. The fourth-order valence-corrected chi connectivity index (χ4v) is 4.31. The van der Waals surface area contributed by atoms with Gasteiger partial charge in [-0.25, -0.2) is 24.4 Å². The van der Waals surface area contributed by atoms with Crippen LogP contribution in [0.4, 0.5) is 9.59 Å². The Kier molecular flexibility index (Phi) is 13.8. The van der Waals surface area contributed by atoms with Crippen LogP contribution in [0, 0.1) is 5.92 Å². The van der Waals surface area contributed by atoms with Crippen molar-refractivity contribution in [2.45, 2.75) is 67.2 Å². The van der Waals surface area contributed by atoms with Crippen LogP contribution in [-0.2, 0) is 19.1 Å². The summed E-state index contributed by atoms with van der Waals surface area (Å²) < 4.78 is 8.34. The summed E-state index contributed by atoms with van der Waals surface area (Å²) >= 11 is 23.1. The second-order valence-corrected chi connectivity index (χ2v) is 19.0. The SMILES string of the molecule is CC(C)/C=C/C=C/[C@H](NC(=O)OCC(Cl)(Cl)Cl)C(=O)N1[C@@H](C(=O)O)C[C@H](Cl)CN1C(=O)OCC[Si](C)(C)C. The Morgan fingerprint density at radius 2 is 1.71 bits per heavy atom. The highest BCUT2D eigenvalue weighted by atomic mass is 35.6. The summed E-state index contributed by atoms with van der Waals surface area (Å²) in [5.41, 5.74) is 0. The van der Waals surface area contributed by atoms with Crippen LogP contribution in [0.15, 0.2) is 24.3 Å². The molecular formula is C23H35Cl4N3O7Si. The van der Waals surface area contributed by atoms with E-state index in [0.717, 1.165) is 10.0 Å². The number of carboxylic acids is 1. The van der Waals surface area contributed by atoms with Crippen LogP contribution in [0.5, 0.6) is 0 Å². The van der Waals surface area contributed by atoms with E-state index in [1.165, 1.54) is 12.2 Å². The second-order valence-electron chi connectivity index (χ2n) is 10.2. The number of carboxylic acid groups (broad SMARTS) is 1. The minimum absolute atomic E-state index is 0.0999. The smallest absolute Gasteiger partial charge is 0.428 e. The van der Waals surface area contributed by atoms with E-state index in [9.17, 15) is 24.3 Å². The Balaban J connectivity index is 3.31. The molecule has 3 atom stereocenters. The first-order valence-corrected chi connectivity index (χ1v) is 17.2. The van der Waals surface area contributed by atoms with E-state index in [2.05, 4.69) is 25.0 Å². The number of halogens is 4. The Bertz CT molecular complexity index is 906. The zero-order chi connectivity index (χ0) is 29.3. The van der Waals surface area contributed by atoms with Crippen molar-refractivity contribution in [3.63, 3.8) is 0 Å². The Morgan fingerprint density at radius 1 is 1.11 bits per heavy atom. The molecule has 1 saturated heterocycles. The molecule has 0 bridgehead atoms. The van der Waals surface area contributed by atoms with Gasteiger partial charge in [0, 0.05) is 8.07 Å². The molecule has 0 aromatic carbocycles. The van der Waals surface area contributed by atoms with E-state index in [-0.39, 0.29) is 25.5 Å². The zero-order valence-corrected chi connectivity index (χ0v) is 26.0. The van der Waals surface area contributed by atoms with Gasteiger partial charge >= 0.3 is 18.2 Å². The van der Waals surface area contributed by atoms with Crippen molar-refractivity contribution in [3.05, 3.63) is 24.3 Å². The molecule has 0 radical (unpaired) electrons. The van der Waals surface area contributed by atoms with E-state index in [0.29, 0.717) is 6.04 Å². The summed E-state index contributed by atoms with van der Waals surface area (Å²) in [6.07, 6.45) is 4.14. The number of nitrogens with one attached hydrogen (secondary N) is 1. The number of carbonyl (C=O) groups excluding carboxylic acids is 3. The molecule has 216 valence electrons. The molecule has 0 aliphatic carbocycles. The predicted molar refractivity (Wildman–Crippen MR) is 150 cm³/mol. The molecule has 3 amide bonds. The van der Waals surface area contributed by atoms with Crippen LogP contribution in [0.1, 0.15) is 20.3 Å². The number of rotatable bonds is 10. The van der Waals surface area contributed by atoms with E-state index < -0.39 is 60.0 Å². The largest absolute Gasteiger partial charge is 0.480 e. The fraction of sp³-hybridized carbons (Fsp3) is 0.652. The molecule has 0 saturated carbocycles. The van der Waals surface area contributed by atoms with Crippen molar-refractivity contribution >= 4 is 78.5 Å².